The molecular weight excluding hydrogens is 374 g/mol. The van der Waals surface area contributed by atoms with Gasteiger partial charge < -0.3 is 10.1 Å². The van der Waals surface area contributed by atoms with Crippen LogP contribution in [0.4, 0.5) is 0 Å². The Hall–Kier alpha value is -2.34. The number of ether oxygens (including phenoxy) is 1. The van der Waals surface area contributed by atoms with Gasteiger partial charge in [0.25, 0.3) is 5.91 Å². The highest BCUT2D eigenvalue weighted by molar-refractivity contribution is 7.90. The highest BCUT2D eigenvalue weighted by Crippen LogP contribution is 2.21. The summed E-state index contributed by atoms with van der Waals surface area (Å²) in [5.41, 5.74) is 2.08. The van der Waals surface area contributed by atoms with Crippen molar-refractivity contribution < 1.29 is 17.9 Å². The molecule has 0 spiro atoms. The molecule has 1 amide bonds. The van der Waals surface area contributed by atoms with Crippen LogP contribution in [0.5, 0.6) is 5.75 Å². The average Bonchev–Trinajstić information content (AvgIpc) is 2.70. The normalized spacial score (nSPS) is 13.6. The molecule has 6 heteroatoms. The highest BCUT2D eigenvalue weighted by Gasteiger charge is 2.22. The molecule has 0 radical (unpaired) electrons. The molecule has 5 nitrogen and oxygen atoms in total. The first-order chi connectivity index (χ1) is 13.3. The van der Waals surface area contributed by atoms with Crippen LogP contribution in [0, 0.1) is 0 Å². The fraction of sp³-hybridized carbons (Fsp3) is 0.409. The summed E-state index contributed by atoms with van der Waals surface area (Å²) in [6.07, 6.45) is 2.78. The predicted molar refractivity (Wildman–Crippen MR) is 111 cm³/mol. The fourth-order valence-corrected chi connectivity index (χ4v) is 3.55. The fourth-order valence-electron chi connectivity index (χ4n) is 2.92. The first kappa shape index (κ1) is 22.0. The monoisotopic (exact) mass is 403 g/mol. The number of carbonyl (C=O) groups is 1. The van der Waals surface area contributed by atoms with Crippen molar-refractivity contribution in [2.75, 3.05) is 6.26 Å². The lowest BCUT2D eigenvalue weighted by molar-refractivity contribution is -0.128. The number of nitrogens with one attached hydrogen (secondary N) is 1. The minimum atomic E-state index is -3.24. The van der Waals surface area contributed by atoms with E-state index in [0.29, 0.717) is 18.6 Å². The van der Waals surface area contributed by atoms with E-state index in [1.54, 1.807) is 24.3 Å². The van der Waals surface area contributed by atoms with Gasteiger partial charge in [-0.25, -0.2) is 8.42 Å². The number of rotatable bonds is 9. The molecule has 2 aromatic carbocycles. The largest absolute Gasteiger partial charge is 0.481 e. The van der Waals surface area contributed by atoms with Crippen LogP contribution in [-0.2, 0) is 21.1 Å². The lowest BCUT2D eigenvalue weighted by Gasteiger charge is -2.22. The van der Waals surface area contributed by atoms with Crippen LogP contribution < -0.4 is 10.1 Å². The number of hydrogen-bond acceptors (Lipinski definition) is 4. The van der Waals surface area contributed by atoms with Gasteiger partial charge >= 0.3 is 0 Å². The molecule has 0 aromatic heterocycles. The van der Waals surface area contributed by atoms with E-state index in [4.69, 9.17) is 4.74 Å². The van der Waals surface area contributed by atoms with E-state index >= 15 is 0 Å². The lowest BCUT2D eigenvalue weighted by Crippen LogP contribution is -2.39. The Morgan fingerprint density at radius 1 is 0.964 bits per heavy atom. The quantitative estimate of drug-likeness (QED) is 0.685. The molecule has 0 fully saturated rings. The van der Waals surface area contributed by atoms with Gasteiger partial charge in [0.2, 0.25) is 0 Å². The van der Waals surface area contributed by atoms with Crippen molar-refractivity contribution >= 4 is 15.7 Å². The molecule has 0 unspecified atom stereocenters. The Kier molecular flexibility index (Phi) is 7.63. The predicted octanol–water partition coefficient (Wildman–Crippen LogP) is 4.08. The van der Waals surface area contributed by atoms with Crippen molar-refractivity contribution in [2.45, 2.75) is 57.1 Å². The Morgan fingerprint density at radius 3 is 2.04 bits per heavy atom. The van der Waals surface area contributed by atoms with Gasteiger partial charge in [-0.3, -0.25) is 4.79 Å². The van der Waals surface area contributed by atoms with Crippen molar-refractivity contribution in [2.24, 2.45) is 0 Å². The summed E-state index contributed by atoms with van der Waals surface area (Å²) >= 11 is 0. The van der Waals surface area contributed by atoms with E-state index in [0.717, 1.165) is 12.0 Å². The van der Waals surface area contributed by atoms with E-state index in [1.165, 1.54) is 11.8 Å². The first-order valence-electron chi connectivity index (χ1n) is 9.64. The van der Waals surface area contributed by atoms with E-state index < -0.39 is 15.9 Å². The summed E-state index contributed by atoms with van der Waals surface area (Å²) in [4.78, 5) is 13.0. The number of carbonyl (C=O) groups excluding carboxylic acids is 1. The van der Waals surface area contributed by atoms with Crippen molar-refractivity contribution in [1.82, 2.24) is 5.32 Å². The molecule has 0 aliphatic carbocycles. The lowest BCUT2D eigenvalue weighted by atomic mass is 10.0. The van der Waals surface area contributed by atoms with Gasteiger partial charge in [0, 0.05) is 6.26 Å². The maximum Gasteiger partial charge on any atom is 0.261 e. The van der Waals surface area contributed by atoms with Crippen LogP contribution in [0.1, 0.15) is 50.8 Å². The maximum atomic E-state index is 12.7. The summed E-state index contributed by atoms with van der Waals surface area (Å²) in [6.45, 7) is 5.97. The zero-order chi connectivity index (χ0) is 20.7. The van der Waals surface area contributed by atoms with E-state index in [-0.39, 0.29) is 16.8 Å². The molecule has 0 bridgehead atoms. The molecule has 2 atom stereocenters. The average molecular weight is 404 g/mol. The van der Waals surface area contributed by atoms with Crippen LogP contribution in [0.2, 0.25) is 0 Å². The second kappa shape index (κ2) is 9.73. The Morgan fingerprint density at radius 2 is 1.57 bits per heavy atom. The second-order valence-electron chi connectivity index (χ2n) is 6.82. The minimum Gasteiger partial charge on any atom is -0.481 e. The van der Waals surface area contributed by atoms with Crippen LogP contribution in [0.15, 0.2) is 53.4 Å². The third-order valence-electron chi connectivity index (χ3n) is 4.71. The molecule has 152 valence electrons. The molecule has 0 aliphatic rings. The SMILES string of the molecule is CCc1ccc(O[C@H](CC)C(=O)N[C@@H](CC)c2ccc(S(C)(=O)=O)cc2)cc1. The van der Waals surface area contributed by atoms with Gasteiger partial charge in [-0.2, -0.15) is 0 Å². The molecule has 0 saturated carbocycles. The van der Waals surface area contributed by atoms with Crippen LogP contribution >= 0.6 is 0 Å². The standard InChI is InChI=1S/C22H29NO4S/c1-5-16-8-12-18(13-9-16)27-21(7-3)22(24)23-20(6-2)17-10-14-19(15-11-17)28(4,25)26/h8-15,20-21H,5-7H2,1-4H3,(H,23,24)/t20-,21+/m0/s1. The Labute approximate surface area is 168 Å². The van der Waals surface area contributed by atoms with Crippen molar-refractivity contribution in [3.63, 3.8) is 0 Å². The van der Waals surface area contributed by atoms with Crippen molar-refractivity contribution in [3.05, 3.63) is 59.7 Å². The molecule has 2 aromatic rings. The third-order valence-corrected chi connectivity index (χ3v) is 5.84. The Bertz CT molecular complexity index is 874. The zero-order valence-electron chi connectivity index (χ0n) is 16.9. The smallest absolute Gasteiger partial charge is 0.261 e. The number of aryl methyl sites for hydroxylation is 1. The van der Waals surface area contributed by atoms with Gasteiger partial charge in [0.05, 0.1) is 10.9 Å². The number of benzene rings is 2. The van der Waals surface area contributed by atoms with E-state index in [1.807, 2.05) is 38.1 Å². The molecule has 0 saturated heterocycles. The van der Waals surface area contributed by atoms with Gasteiger partial charge in [-0.15, -0.1) is 0 Å². The van der Waals surface area contributed by atoms with Crippen LogP contribution in [0.3, 0.4) is 0 Å². The second-order valence-corrected chi connectivity index (χ2v) is 8.84. The third kappa shape index (κ3) is 5.83. The summed E-state index contributed by atoms with van der Waals surface area (Å²) in [5.74, 6) is 0.492. The summed E-state index contributed by atoms with van der Waals surface area (Å²) in [7, 11) is -3.24. The number of hydrogen-bond donors (Lipinski definition) is 1. The molecule has 28 heavy (non-hydrogen) atoms. The van der Waals surface area contributed by atoms with Crippen LogP contribution in [0.25, 0.3) is 0 Å². The molecule has 2 rings (SSSR count). The summed E-state index contributed by atoms with van der Waals surface area (Å²) < 4.78 is 29.1. The molecule has 0 aliphatic heterocycles. The van der Waals surface area contributed by atoms with Crippen molar-refractivity contribution in [1.29, 1.82) is 0 Å². The topological polar surface area (TPSA) is 72.5 Å². The molecular formula is C22H29NO4S. The molecule has 0 heterocycles. The van der Waals surface area contributed by atoms with Gasteiger partial charge in [-0.05, 0) is 54.7 Å². The number of sulfone groups is 1. The molecule has 1 N–H and O–H groups in total. The maximum absolute atomic E-state index is 12.7. The van der Waals surface area contributed by atoms with Gasteiger partial charge in [-0.1, -0.05) is 45.0 Å². The summed E-state index contributed by atoms with van der Waals surface area (Å²) in [5, 5.41) is 3.02. The first-order valence-corrected chi connectivity index (χ1v) is 11.5. The van der Waals surface area contributed by atoms with E-state index in [2.05, 4.69) is 12.2 Å². The van der Waals surface area contributed by atoms with E-state index in [9.17, 15) is 13.2 Å². The Balaban J connectivity index is 2.07. The highest BCUT2D eigenvalue weighted by atomic mass is 32.2. The number of amides is 1. The van der Waals surface area contributed by atoms with Gasteiger partial charge in [0.1, 0.15) is 5.75 Å². The summed E-state index contributed by atoms with van der Waals surface area (Å²) in [6, 6.07) is 14.2. The van der Waals surface area contributed by atoms with Crippen molar-refractivity contribution in [3.8, 4) is 5.75 Å². The van der Waals surface area contributed by atoms with Crippen LogP contribution in [-0.4, -0.2) is 26.7 Å². The minimum absolute atomic E-state index is 0.180. The zero-order valence-corrected chi connectivity index (χ0v) is 17.8. The van der Waals surface area contributed by atoms with Gasteiger partial charge in [0.15, 0.2) is 15.9 Å².